The van der Waals surface area contributed by atoms with Gasteiger partial charge in [-0.25, -0.2) is 0 Å². The number of ether oxygens (including phenoxy) is 1. The van der Waals surface area contributed by atoms with Gasteiger partial charge in [-0.1, -0.05) is 19.1 Å². The van der Waals surface area contributed by atoms with Crippen LogP contribution in [0.2, 0.25) is 0 Å². The minimum atomic E-state index is -0.329. The summed E-state index contributed by atoms with van der Waals surface area (Å²) in [5, 5.41) is 10.9. The van der Waals surface area contributed by atoms with E-state index in [1.807, 2.05) is 13.0 Å². The van der Waals surface area contributed by atoms with E-state index in [-0.39, 0.29) is 10.6 Å². The Morgan fingerprint density at radius 1 is 1.50 bits per heavy atom. The summed E-state index contributed by atoms with van der Waals surface area (Å²) in [4.78, 5) is 10.6. The molecular weight excluding hydrogens is 206 g/mol. The van der Waals surface area contributed by atoms with Crippen molar-refractivity contribution >= 4 is 5.69 Å². The second-order valence-electron chi connectivity index (χ2n) is 4.04. The molecule has 0 amide bonds. The summed E-state index contributed by atoms with van der Waals surface area (Å²) in [6.07, 6.45) is 3.29. The van der Waals surface area contributed by atoms with Gasteiger partial charge in [0.1, 0.15) is 0 Å². The lowest BCUT2D eigenvalue weighted by Gasteiger charge is -2.08. The molecule has 0 heterocycles. The molecule has 0 saturated heterocycles. The summed E-state index contributed by atoms with van der Waals surface area (Å²) in [5.41, 5.74) is 1.93. The van der Waals surface area contributed by atoms with E-state index in [0.29, 0.717) is 12.7 Å². The van der Waals surface area contributed by atoms with Crippen LogP contribution in [0, 0.1) is 10.1 Å². The lowest BCUT2D eigenvalue weighted by Crippen LogP contribution is -2.03. The maximum atomic E-state index is 10.9. The van der Waals surface area contributed by atoms with Crippen molar-refractivity contribution in [1.82, 2.24) is 0 Å². The highest BCUT2D eigenvalue weighted by molar-refractivity contribution is 5.45. The fourth-order valence-electron chi connectivity index (χ4n) is 1.73. The van der Waals surface area contributed by atoms with Gasteiger partial charge in [0.15, 0.2) is 0 Å². The Hall–Kier alpha value is -1.42. The summed E-state index contributed by atoms with van der Waals surface area (Å²) in [5.74, 6) is 0. The predicted octanol–water partition coefficient (Wildman–Crippen LogP) is 2.84. The van der Waals surface area contributed by atoms with Crippen LogP contribution in [-0.4, -0.2) is 11.0 Å². The van der Waals surface area contributed by atoms with Crippen molar-refractivity contribution in [2.45, 2.75) is 38.9 Å². The molecule has 1 saturated carbocycles. The van der Waals surface area contributed by atoms with Crippen LogP contribution in [0.3, 0.4) is 0 Å². The van der Waals surface area contributed by atoms with Gasteiger partial charge in [0.25, 0.3) is 5.69 Å². The van der Waals surface area contributed by atoms with Crippen molar-refractivity contribution in [3.63, 3.8) is 0 Å². The van der Waals surface area contributed by atoms with Gasteiger partial charge in [0.05, 0.1) is 23.2 Å². The molecule has 0 bridgehead atoms. The summed E-state index contributed by atoms with van der Waals surface area (Å²) in [6.45, 7) is 2.37. The Balaban J connectivity index is 2.24. The molecule has 1 aliphatic rings. The summed E-state index contributed by atoms with van der Waals surface area (Å²) < 4.78 is 5.57. The van der Waals surface area contributed by atoms with Gasteiger partial charge in [-0.2, -0.15) is 0 Å². The van der Waals surface area contributed by atoms with Gasteiger partial charge >= 0.3 is 0 Å². The number of nitrogens with zero attached hydrogens (tertiary/aromatic N) is 1. The molecule has 16 heavy (non-hydrogen) atoms. The van der Waals surface area contributed by atoms with Crippen LogP contribution in [0.5, 0.6) is 0 Å². The first kappa shape index (κ1) is 11.1. The van der Waals surface area contributed by atoms with Crippen LogP contribution >= 0.6 is 0 Å². The lowest BCUT2D eigenvalue weighted by atomic mass is 10.0. The van der Waals surface area contributed by atoms with E-state index in [0.717, 1.165) is 30.4 Å². The van der Waals surface area contributed by atoms with Crippen molar-refractivity contribution < 1.29 is 9.66 Å². The average molecular weight is 221 g/mol. The first-order chi connectivity index (χ1) is 7.72. The van der Waals surface area contributed by atoms with E-state index in [2.05, 4.69) is 0 Å². The highest BCUT2D eigenvalue weighted by atomic mass is 16.6. The molecule has 86 valence electrons. The molecule has 0 atom stereocenters. The number of rotatable bonds is 5. The number of nitro benzene ring substituents is 1. The third-order valence-corrected chi connectivity index (χ3v) is 2.81. The topological polar surface area (TPSA) is 52.4 Å². The first-order valence-corrected chi connectivity index (χ1v) is 5.59. The van der Waals surface area contributed by atoms with Gasteiger partial charge in [0, 0.05) is 6.07 Å². The second-order valence-corrected chi connectivity index (χ2v) is 4.04. The number of aryl methyl sites for hydroxylation is 1. The monoisotopic (exact) mass is 221 g/mol. The molecule has 1 aliphatic carbocycles. The molecular formula is C12H15NO3. The van der Waals surface area contributed by atoms with Gasteiger partial charge in [-0.05, 0) is 24.8 Å². The van der Waals surface area contributed by atoms with Crippen LogP contribution in [-0.2, 0) is 17.8 Å². The van der Waals surface area contributed by atoms with Crippen molar-refractivity contribution in [2.75, 3.05) is 0 Å². The SMILES string of the molecule is CCc1cccc([N+](=O)[O-])c1COC1CC1. The smallest absolute Gasteiger partial charge is 0.275 e. The predicted molar refractivity (Wildman–Crippen MR) is 60.3 cm³/mol. The molecule has 0 N–H and O–H groups in total. The molecule has 4 heteroatoms. The molecule has 4 nitrogen and oxygen atoms in total. The van der Waals surface area contributed by atoms with E-state index in [1.165, 1.54) is 0 Å². The highest BCUT2D eigenvalue weighted by Gasteiger charge is 2.24. The Labute approximate surface area is 94.4 Å². The lowest BCUT2D eigenvalue weighted by molar-refractivity contribution is -0.386. The minimum absolute atomic E-state index is 0.181. The van der Waals surface area contributed by atoms with Crippen LogP contribution in [0.25, 0.3) is 0 Å². The van der Waals surface area contributed by atoms with Crippen molar-refractivity contribution in [3.8, 4) is 0 Å². The molecule has 0 aliphatic heterocycles. The van der Waals surface area contributed by atoms with Gasteiger partial charge < -0.3 is 4.74 Å². The van der Waals surface area contributed by atoms with E-state index < -0.39 is 0 Å². The normalized spacial score (nSPS) is 15.1. The molecule has 1 aromatic rings. The number of hydrogen-bond donors (Lipinski definition) is 0. The van der Waals surface area contributed by atoms with E-state index >= 15 is 0 Å². The van der Waals surface area contributed by atoms with Crippen LogP contribution in [0.4, 0.5) is 5.69 Å². The van der Waals surface area contributed by atoms with E-state index in [4.69, 9.17) is 4.74 Å². The van der Waals surface area contributed by atoms with Crippen LogP contribution in [0.15, 0.2) is 18.2 Å². The molecule has 0 spiro atoms. The standard InChI is InChI=1S/C12H15NO3/c1-2-9-4-3-5-12(13(14)15)11(9)8-16-10-6-7-10/h3-5,10H,2,6-8H2,1H3. The molecule has 1 fully saturated rings. The average Bonchev–Trinajstić information content (AvgIpc) is 3.09. The summed E-state index contributed by atoms with van der Waals surface area (Å²) >= 11 is 0. The van der Waals surface area contributed by atoms with Gasteiger partial charge in [-0.15, -0.1) is 0 Å². The fraction of sp³-hybridized carbons (Fsp3) is 0.500. The maximum absolute atomic E-state index is 10.9. The Morgan fingerprint density at radius 3 is 2.81 bits per heavy atom. The minimum Gasteiger partial charge on any atom is -0.373 e. The highest BCUT2D eigenvalue weighted by Crippen LogP contribution is 2.29. The second kappa shape index (κ2) is 4.61. The van der Waals surface area contributed by atoms with Gasteiger partial charge in [-0.3, -0.25) is 10.1 Å². The van der Waals surface area contributed by atoms with E-state index in [9.17, 15) is 10.1 Å². The quantitative estimate of drug-likeness (QED) is 0.567. The third kappa shape index (κ3) is 2.39. The number of nitro groups is 1. The molecule has 0 aromatic heterocycles. The molecule has 0 radical (unpaired) electrons. The summed E-state index contributed by atoms with van der Waals surface area (Å²) in [7, 11) is 0. The zero-order chi connectivity index (χ0) is 11.5. The third-order valence-electron chi connectivity index (χ3n) is 2.81. The van der Waals surface area contributed by atoms with E-state index in [1.54, 1.807) is 12.1 Å². The van der Waals surface area contributed by atoms with Gasteiger partial charge in [0.2, 0.25) is 0 Å². The molecule has 0 unspecified atom stereocenters. The molecule has 2 rings (SSSR count). The summed E-state index contributed by atoms with van der Waals surface area (Å²) in [6, 6.07) is 5.21. The Kier molecular flexibility index (Phi) is 3.19. The zero-order valence-corrected chi connectivity index (χ0v) is 9.31. The van der Waals surface area contributed by atoms with Crippen molar-refractivity contribution in [3.05, 3.63) is 39.4 Å². The number of hydrogen-bond acceptors (Lipinski definition) is 3. The molecule has 1 aromatic carbocycles. The van der Waals surface area contributed by atoms with Crippen LogP contribution in [0.1, 0.15) is 30.9 Å². The Bertz CT molecular complexity index is 399. The van der Waals surface area contributed by atoms with Crippen LogP contribution < -0.4 is 0 Å². The first-order valence-electron chi connectivity index (χ1n) is 5.59. The van der Waals surface area contributed by atoms with Crippen molar-refractivity contribution in [1.29, 1.82) is 0 Å². The zero-order valence-electron chi connectivity index (χ0n) is 9.31. The Morgan fingerprint density at radius 2 is 2.25 bits per heavy atom. The number of benzene rings is 1. The fourth-order valence-corrected chi connectivity index (χ4v) is 1.73. The van der Waals surface area contributed by atoms with Crippen molar-refractivity contribution in [2.24, 2.45) is 0 Å². The maximum Gasteiger partial charge on any atom is 0.275 e. The largest absolute Gasteiger partial charge is 0.373 e.